The van der Waals surface area contributed by atoms with Crippen molar-refractivity contribution in [1.29, 1.82) is 0 Å². The topological polar surface area (TPSA) is 91.0 Å². The van der Waals surface area contributed by atoms with E-state index in [0.717, 1.165) is 22.8 Å². The van der Waals surface area contributed by atoms with Crippen molar-refractivity contribution in [1.82, 2.24) is 15.0 Å². The van der Waals surface area contributed by atoms with Gasteiger partial charge in [-0.05, 0) is 63.1 Å². The van der Waals surface area contributed by atoms with Gasteiger partial charge in [0.25, 0.3) is 0 Å². The molecule has 0 amide bonds. The number of nitrogen functional groups attached to an aromatic ring is 1. The van der Waals surface area contributed by atoms with Crippen LogP contribution in [0, 0.1) is 6.92 Å². The summed E-state index contributed by atoms with van der Waals surface area (Å²) in [7, 11) is 0. The summed E-state index contributed by atoms with van der Waals surface area (Å²) in [6, 6.07) is 16.9. The van der Waals surface area contributed by atoms with Crippen LogP contribution in [0.2, 0.25) is 0 Å². The van der Waals surface area contributed by atoms with Gasteiger partial charge in [0, 0.05) is 11.4 Å². The van der Waals surface area contributed by atoms with Crippen LogP contribution in [0.4, 0.5) is 5.82 Å². The van der Waals surface area contributed by atoms with Crippen molar-refractivity contribution in [3.8, 4) is 11.4 Å². The van der Waals surface area contributed by atoms with Crippen molar-refractivity contribution in [2.24, 2.45) is 0 Å². The smallest absolute Gasteiger partial charge is 0.315 e. The lowest BCUT2D eigenvalue weighted by molar-refractivity contribution is -0.145. The van der Waals surface area contributed by atoms with Gasteiger partial charge in [-0.3, -0.25) is 14.8 Å². The van der Waals surface area contributed by atoms with E-state index in [2.05, 4.69) is 9.97 Å². The molecule has 6 nitrogen and oxygen atoms in total. The molecule has 3 rings (SSSR count). The Morgan fingerprint density at radius 1 is 1.00 bits per heavy atom. The van der Waals surface area contributed by atoms with Gasteiger partial charge in [-0.25, -0.2) is 4.98 Å². The van der Waals surface area contributed by atoms with E-state index in [-0.39, 0.29) is 5.97 Å². The van der Waals surface area contributed by atoms with Crippen molar-refractivity contribution in [3.05, 3.63) is 71.7 Å². The van der Waals surface area contributed by atoms with Crippen LogP contribution in [-0.4, -0.2) is 27.5 Å². The number of anilines is 1. The molecule has 0 aliphatic heterocycles. The van der Waals surface area contributed by atoms with Gasteiger partial charge >= 0.3 is 5.97 Å². The van der Waals surface area contributed by atoms with Crippen LogP contribution in [0.1, 0.15) is 36.3 Å². The Labute approximate surface area is 164 Å². The molecule has 0 saturated carbocycles. The number of ether oxygens (including phenoxy) is 1. The first kappa shape index (κ1) is 19.5. The number of carbonyl (C=O) groups excluding carboxylic acids is 1. The number of hydrogen-bond acceptors (Lipinski definition) is 6. The molecular weight excluding hydrogens is 352 g/mol. The third kappa shape index (κ3) is 4.91. The monoisotopic (exact) mass is 376 g/mol. The molecule has 0 bridgehead atoms. The highest BCUT2D eigenvalue weighted by atomic mass is 16.5. The third-order valence-electron chi connectivity index (χ3n) is 4.37. The van der Waals surface area contributed by atoms with Crippen LogP contribution in [0.25, 0.3) is 11.4 Å². The van der Waals surface area contributed by atoms with E-state index in [9.17, 15) is 4.79 Å². The molecule has 28 heavy (non-hydrogen) atoms. The zero-order valence-electron chi connectivity index (χ0n) is 16.1. The lowest BCUT2D eigenvalue weighted by atomic mass is 9.97. The van der Waals surface area contributed by atoms with E-state index < -0.39 is 5.92 Å². The molecule has 1 atom stereocenters. The van der Waals surface area contributed by atoms with Gasteiger partial charge in [-0.15, -0.1) is 0 Å². The maximum Gasteiger partial charge on any atom is 0.315 e. The number of pyridine rings is 3. The summed E-state index contributed by atoms with van der Waals surface area (Å²) in [5.41, 5.74) is 9.70. The number of aryl methyl sites for hydroxylation is 2. The molecular formula is C22H24N4O2. The fraction of sp³-hybridized carbons (Fsp3) is 0.273. The van der Waals surface area contributed by atoms with E-state index in [1.54, 1.807) is 13.0 Å². The van der Waals surface area contributed by atoms with Crippen LogP contribution in [-0.2, 0) is 16.0 Å². The van der Waals surface area contributed by atoms with Crippen molar-refractivity contribution in [3.63, 3.8) is 0 Å². The first-order valence-corrected chi connectivity index (χ1v) is 9.36. The van der Waals surface area contributed by atoms with Crippen LogP contribution < -0.4 is 5.73 Å². The Morgan fingerprint density at radius 2 is 1.71 bits per heavy atom. The predicted molar refractivity (Wildman–Crippen MR) is 109 cm³/mol. The molecule has 0 aliphatic carbocycles. The van der Waals surface area contributed by atoms with E-state index in [0.29, 0.717) is 31.0 Å². The molecule has 3 heterocycles. The Kier molecular flexibility index (Phi) is 6.32. The summed E-state index contributed by atoms with van der Waals surface area (Å²) >= 11 is 0. The van der Waals surface area contributed by atoms with Crippen LogP contribution in [0.3, 0.4) is 0 Å². The predicted octanol–water partition coefficient (Wildman–Crippen LogP) is 3.71. The Hall–Kier alpha value is -3.28. The van der Waals surface area contributed by atoms with Crippen LogP contribution in [0.15, 0.2) is 54.6 Å². The first-order valence-electron chi connectivity index (χ1n) is 9.36. The quantitative estimate of drug-likeness (QED) is 0.632. The number of carbonyl (C=O) groups is 1. The number of aromatic nitrogens is 3. The Morgan fingerprint density at radius 3 is 2.43 bits per heavy atom. The maximum atomic E-state index is 12.6. The number of nitrogens with two attached hydrogens (primary N) is 1. The summed E-state index contributed by atoms with van der Waals surface area (Å²) in [6.07, 6.45) is 1.14. The molecule has 0 fully saturated rings. The second-order valence-corrected chi connectivity index (χ2v) is 6.51. The largest absolute Gasteiger partial charge is 0.465 e. The van der Waals surface area contributed by atoms with Gasteiger partial charge in [0.15, 0.2) is 0 Å². The standard InChI is InChI=1S/C22H24N4O2/c1-3-28-22(27)17(14-13-16-8-5-12-21(23)25-16)18-9-6-11-20(26-18)19-10-4-7-15(2)24-19/h4-12,17H,3,13-14H2,1-2H3,(H2,23,25). The van der Waals surface area contributed by atoms with E-state index in [1.807, 2.05) is 55.5 Å². The number of nitrogens with zero attached hydrogens (tertiary/aromatic N) is 3. The molecule has 3 aromatic rings. The molecule has 6 heteroatoms. The van der Waals surface area contributed by atoms with Gasteiger partial charge in [0.05, 0.1) is 29.6 Å². The highest BCUT2D eigenvalue weighted by molar-refractivity contribution is 5.77. The van der Waals surface area contributed by atoms with Gasteiger partial charge in [-0.1, -0.05) is 18.2 Å². The van der Waals surface area contributed by atoms with Gasteiger partial charge in [0.1, 0.15) is 5.82 Å². The molecule has 1 unspecified atom stereocenters. The molecule has 0 spiro atoms. The summed E-state index contributed by atoms with van der Waals surface area (Å²) in [6.45, 7) is 4.06. The molecule has 0 aromatic carbocycles. The highest BCUT2D eigenvalue weighted by Gasteiger charge is 2.24. The average molecular weight is 376 g/mol. The normalized spacial score (nSPS) is 11.8. The molecule has 3 aromatic heterocycles. The highest BCUT2D eigenvalue weighted by Crippen LogP contribution is 2.25. The number of esters is 1. The Balaban J connectivity index is 1.87. The minimum Gasteiger partial charge on any atom is -0.465 e. The first-order chi connectivity index (χ1) is 13.6. The molecule has 0 radical (unpaired) electrons. The summed E-state index contributed by atoms with van der Waals surface area (Å²) in [4.78, 5) is 26.2. The lowest BCUT2D eigenvalue weighted by Gasteiger charge is -2.16. The number of hydrogen-bond donors (Lipinski definition) is 1. The molecule has 2 N–H and O–H groups in total. The second kappa shape index (κ2) is 9.08. The van der Waals surface area contributed by atoms with Crippen LogP contribution in [0.5, 0.6) is 0 Å². The van der Waals surface area contributed by atoms with Crippen molar-refractivity contribution in [2.45, 2.75) is 32.6 Å². The van der Waals surface area contributed by atoms with Gasteiger partial charge < -0.3 is 10.5 Å². The molecule has 0 aliphatic rings. The average Bonchev–Trinajstić information content (AvgIpc) is 2.69. The van der Waals surface area contributed by atoms with E-state index >= 15 is 0 Å². The van der Waals surface area contributed by atoms with Crippen molar-refractivity contribution >= 4 is 11.8 Å². The molecule has 0 saturated heterocycles. The molecule has 144 valence electrons. The summed E-state index contributed by atoms with van der Waals surface area (Å²) < 4.78 is 5.30. The van der Waals surface area contributed by atoms with Crippen LogP contribution >= 0.6 is 0 Å². The fourth-order valence-electron chi connectivity index (χ4n) is 3.03. The minimum absolute atomic E-state index is 0.284. The van der Waals surface area contributed by atoms with E-state index in [4.69, 9.17) is 15.5 Å². The summed E-state index contributed by atoms with van der Waals surface area (Å²) in [5, 5.41) is 0. The minimum atomic E-state index is -0.479. The third-order valence-corrected chi connectivity index (χ3v) is 4.37. The number of rotatable bonds is 7. The maximum absolute atomic E-state index is 12.6. The Bertz CT molecular complexity index is 959. The lowest BCUT2D eigenvalue weighted by Crippen LogP contribution is -2.18. The van der Waals surface area contributed by atoms with Gasteiger partial charge in [0.2, 0.25) is 0 Å². The second-order valence-electron chi connectivity index (χ2n) is 6.51. The van der Waals surface area contributed by atoms with Crippen molar-refractivity contribution < 1.29 is 9.53 Å². The zero-order valence-corrected chi connectivity index (χ0v) is 16.1. The van der Waals surface area contributed by atoms with Crippen molar-refractivity contribution in [2.75, 3.05) is 12.3 Å². The fourth-order valence-corrected chi connectivity index (χ4v) is 3.03. The zero-order chi connectivity index (χ0) is 19.9. The SMILES string of the molecule is CCOC(=O)C(CCc1cccc(N)n1)c1cccc(-c2cccc(C)n2)n1. The summed E-state index contributed by atoms with van der Waals surface area (Å²) in [5.74, 6) is -0.294. The van der Waals surface area contributed by atoms with Gasteiger partial charge in [-0.2, -0.15) is 0 Å². The van der Waals surface area contributed by atoms with E-state index in [1.165, 1.54) is 0 Å².